The Morgan fingerprint density at radius 3 is 2.52 bits per heavy atom. The smallest absolute Gasteiger partial charge is 0.323 e. The van der Waals surface area contributed by atoms with E-state index < -0.39 is 28.7 Å². The van der Waals surface area contributed by atoms with Crippen molar-refractivity contribution in [2.45, 2.75) is 0 Å². The number of nitrogens with two attached hydrogens (primary N) is 1. The number of rotatable bonds is 2. The molecule has 106 valence electrons. The van der Waals surface area contributed by atoms with E-state index in [1.807, 2.05) is 0 Å². The molecule has 2 aromatic carbocycles. The van der Waals surface area contributed by atoms with Gasteiger partial charge in [-0.3, -0.25) is 4.79 Å². The topological polar surface area (TPSA) is 91.7 Å². The third kappa shape index (κ3) is 2.08. The maximum atomic E-state index is 13.9. The average molecular weight is 289 g/mol. The summed E-state index contributed by atoms with van der Waals surface area (Å²) in [6.45, 7) is 0. The number of nitrogen functional groups attached to an aromatic ring is 1. The number of aromatic amines is 2. The van der Waals surface area contributed by atoms with Gasteiger partial charge in [0.05, 0.1) is 22.3 Å². The van der Waals surface area contributed by atoms with Gasteiger partial charge in [0.25, 0.3) is 0 Å². The first-order valence-corrected chi connectivity index (χ1v) is 5.97. The Balaban J connectivity index is 2.16. The van der Waals surface area contributed by atoms with Crippen LogP contribution in [0, 0.1) is 11.6 Å². The molecule has 4 N–H and O–H groups in total. The van der Waals surface area contributed by atoms with Crippen molar-refractivity contribution in [2.24, 2.45) is 0 Å². The number of hydrogen-bond donors (Lipinski definition) is 3. The number of halogens is 2. The quantitative estimate of drug-likeness (QED) is 0.497. The van der Waals surface area contributed by atoms with Crippen molar-refractivity contribution in [3.63, 3.8) is 0 Å². The summed E-state index contributed by atoms with van der Waals surface area (Å²) in [5.74, 6) is -2.93. The zero-order valence-electron chi connectivity index (χ0n) is 10.5. The summed E-state index contributed by atoms with van der Waals surface area (Å²) in [5.41, 5.74) is 4.80. The summed E-state index contributed by atoms with van der Waals surface area (Å²) in [7, 11) is 0. The molecular formula is C14H9F2N3O2. The summed E-state index contributed by atoms with van der Waals surface area (Å²) in [6, 6.07) is 6.17. The number of nitrogens with one attached hydrogen (secondary N) is 2. The van der Waals surface area contributed by atoms with Gasteiger partial charge in [-0.05, 0) is 30.3 Å². The molecule has 0 unspecified atom stereocenters. The predicted octanol–water partition coefficient (Wildman–Crippen LogP) is 1.95. The zero-order chi connectivity index (χ0) is 15.1. The highest BCUT2D eigenvalue weighted by atomic mass is 19.1. The summed E-state index contributed by atoms with van der Waals surface area (Å²) in [4.78, 5) is 28.4. The van der Waals surface area contributed by atoms with Gasteiger partial charge in [-0.2, -0.15) is 0 Å². The van der Waals surface area contributed by atoms with Gasteiger partial charge < -0.3 is 15.7 Å². The fourth-order valence-electron chi connectivity index (χ4n) is 2.09. The van der Waals surface area contributed by atoms with E-state index >= 15 is 0 Å². The highest BCUT2D eigenvalue weighted by molar-refractivity contribution is 6.11. The molecule has 0 atom stereocenters. The van der Waals surface area contributed by atoms with Crippen LogP contribution >= 0.6 is 0 Å². The van der Waals surface area contributed by atoms with Crippen LogP contribution in [0.15, 0.2) is 35.1 Å². The number of fused-ring (bicyclic) bond motifs is 1. The van der Waals surface area contributed by atoms with E-state index in [-0.39, 0.29) is 11.3 Å². The Kier molecular flexibility index (Phi) is 2.83. The van der Waals surface area contributed by atoms with E-state index in [0.29, 0.717) is 11.0 Å². The van der Waals surface area contributed by atoms with Crippen LogP contribution in [-0.2, 0) is 0 Å². The fourth-order valence-corrected chi connectivity index (χ4v) is 2.09. The molecule has 0 bridgehead atoms. The van der Waals surface area contributed by atoms with Crippen molar-refractivity contribution >= 4 is 22.5 Å². The lowest BCUT2D eigenvalue weighted by atomic mass is 10.0. The molecule has 0 fully saturated rings. The SMILES string of the molecule is Nc1ccc(F)c(C(=O)c2ccc3[nH]c(=O)[nH]c3c2)c1F. The van der Waals surface area contributed by atoms with Crippen molar-refractivity contribution in [3.8, 4) is 0 Å². The number of H-pyrrole nitrogens is 2. The van der Waals surface area contributed by atoms with Crippen molar-refractivity contribution < 1.29 is 13.6 Å². The van der Waals surface area contributed by atoms with Crippen LogP contribution in [0.25, 0.3) is 11.0 Å². The van der Waals surface area contributed by atoms with Crippen molar-refractivity contribution in [3.05, 3.63) is 63.6 Å². The fraction of sp³-hybridized carbons (Fsp3) is 0. The van der Waals surface area contributed by atoms with Gasteiger partial charge in [0.15, 0.2) is 11.6 Å². The lowest BCUT2D eigenvalue weighted by molar-refractivity contribution is 0.103. The highest BCUT2D eigenvalue weighted by Gasteiger charge is 2.21. The van der Waals surface area contributed by atoms with E-state index in [1.165, 1.54) is 18.2 Å². The first-order valence-electron chi connectivity index (χ1n) is 5.97. The van der Waals surface area contributed by atoms with E-state index in [0.717, 1.165) is 12.1 Å². The molecule has 7 heteroatoms. The number of imidazole rings is 1. The van der Waals surface area contributed by atoms with Gasteiger partial charge >= 0.3 is 5.69 Å². The number of hydrogen-bond acceptors (Lipinski definition) is 3. The van der Waals surface area contributed by atoms with E-state index in [9.17, 15) is 18.4 Å². The maximum absolute atomic E-state index is 13.9. The van der Waals surface area contributed by atoms with E-state index in [2.05, 4.69) is 9.97 Å². The predicted molar refractivity (Wildman–Crippen MR) is 73.1 cm³/mol. The summed E-state index contributed by atoms with van der Waals surface area (Å²) < 4.78 is 27.6. The van der Waals surface area contributed by atoms with Crippen LogP contribution in [0.2, 0.25) is 0 Å². The molecule has 1 aromatic heterocycles. The van der Waals surface area contributed by atoms with Crippen molar-refractivity contribution in [2.75, 3.05) is 5.73 Å². The summed E-state index contributed by atoms with van der Waals surface area (Å²) in [6.07, 6.45) is 0. The number of ketones is 1. The average Bonchev–Trinajstić information content (AvgIpc) is 2.82. The Labute approximate surface area is 116 Å². The molecule has 0 aliphatic heterocycles. The van der Waals surface area contributed by atoms with Gasteiger partial charge in [-0.25, -0.2) is 13.6 Å². The molecule has 0 aliphatic rings. The van der Waals surface area contributed by atoms with Gasteiger partial charge in [0, 0.05) is 5.56 Å². The molecule has 1 heterocycles. The molecule has 3 rings (SSSR count). The number of carbonyl (C=O) groups is 1. The van der Waals surface area contributed by atoms with Crippen LogP contribution in [-0.4, -0.2) is 15.8 Å². The second-order valence-corrected chi connectivity index (χ2v) is 4.49. The number of benzene rings is 2. The molecule has 0 saturated heterocycles. The minimum atomic E-state index is -1.09. The molecule has 3 aromatic rings. The van der Waals surface area contributed by atoms with Crippen LogP contribution < -0.4 is 11.4 Å². The van der Waals surface area contributed by atoms with Crippen molar-refractivity contribution in [1.82, 2.24) is 9.97 Å². The minimum absolute atomic E-state index is 0.0427. The second-order valence-electron chi connectivity index (χ2n) is 4.49. The lowest BCUT2D eigenvalue weighted by Crippen LogP contribution is -2.09. The minimum Gasteiger partial charge on any atom is -0.396 e. The molecule has 0 amide bonds. The van der Waals surface area contributed by atoms with Crippen LogP contribution in [0.5, 0.6) is 0 Å². The second kappa shape index (κ2) is 4.55. The molecule has 0 aliphatic carbocycles. The van der Waals surface area contributed by atoms with Crippen LogP contribution in [0.1, 0.15) is 15.9 Å². The number of anilines is 1. The molecular weight excluding hydrogens is 280 g/mol. The first-order chi connectivity index (χ1) is 9.97. The zero-order valence-corrected chi connectivity index (χ0v) is 10.5. The standard InChI is InChI=1S/C14H9F2N3O2/c15-7-2-3-8(17)12(16)11(7)13(20)6-1-4-9-10(5-6)19-14(21)18-9/h1-5H,17H2,(H2,18,19,21). The van der Waals surface area contributed by atoms with Gasteiger partial charge in [-0.15, -0.1) is 0 Å². The Hall–Kier alpha value is -2.96. The largest absolute Gasteiger partial charge is 0.396 e. The maximum Gasteiger partial charge on any atom is 0.323 e. The van der Waals surface area contributed by atoms with Crippen molar-refractivity contribution in [1.29, 1.82) is 0 Å². The summed E-state index contributed by atoms with van der Waals surface area (Å²) in [5, 5.41) is 0. The van der Waals surface area contributed by atoms with E-state index in [4.69, 9.17) is 5.73 Å². The van der Waals surface area contributed by atoms with Gasteiger partial charge in [0.2, 0.25) is 0 Å². The Morgan fingerprint density at radius 2 is 1.76 bits per heavy atom. The molecule has 21 heavy (non-hydrogen) atoms. The number of aromatic nitrogens is 2. The Morgan fingerprint density at radius 1 is 1.05 bits per heavy atom. The Bertz CT molecular complexity index is 928. The molecule has 5 nitrogen and oxygen atoms in total. The van der Waals surface area contributed by atoms with Crippen LogP contribution in [0.3, 0.4) is 0 Å². The first kappa shape index (κ1) is 13.0. The third-order valence-corrected chi connectivity index (χ3v) is 3.13. The molecule has 0 saturated carbocycles. The lowest BCUT2D eigenvalue weighted by Gasteiger charge is -2.06. The third-order valence-electron chi connectivity index (χ3n) is 3.13. The summed E-state index contributed by atoms with van der Waals surface area (Å²) >= 11 is 0. The van der Waals surface area contributed by atoms with Gasteiger partial charge in [-0.1, -0.05) is 0 Å². The van der Waals surface area contributed by atoms with Gasteiger partial charge in [0.1, 0.15) is 5.82 Å². The number of carbonyl (C=O) groups excluding carboxylic acids is 1. The normalized spacial score (nSPS) is 11.0. The molecule has 0 spiro atoms. The highest BCUT2D eigenvalue weighted by Crippen LogP contribution is 2.22. The monoisotopic (exact) mass is 289 g/mol. The molecule has 0 radical (unpaired) electrons. The van der Waals surface area contributed by atoms with E-state index in [1.54, 1.807) is 0 Å². The van der Waals surface area contributed by atoms with Crippen LogP contribution in [0.4, 0.5) is 14.5 Å².